The van der Waals surface area contributed by atoms with Crippen molar-refractivity contribution in [2.45, 2.75) is 12.3 Å². The van der Waals surface area contributed by atoms with Crippen molar-refractivity contribution >= 4 is 11.6 Å². The predicted molar refractivity (Wildman–Crippen MR) is 64.0 cm³/mol. The number of aryl methyl sites for hydroxylation is 1. The lowest BCUT2D eigenvalue weighted by molar-refractivity contribution is 0.411. The molecule has 4 heteroatoms. The number of halogens is 1. The number of nitrogens with one attached hydrogen (secondary N) is 1. The van der Waals surface area contributed by atoms with Crippen LogP contribution in [0.1, 0.15) is 22.2 Å². The molecule has 0 aliphatic carbocycles. The molecule has 0 amide bonds. The Morgan fingerprint density at radius 2 is 2.19 bits per heavy atom. The monoisotopic (exact) mass is 236 g/mol. The average molecular weight is 237 g/mol. The van der Waals surface area contributed by atoms with Crippen LogP contribution in [0.15, 0.2) is 30.5 Å². The molecule has 0 saturated heterocycles. The molecule has 0 radical (unpaired) electrons. The Hall–Kier alpha value is -1.48. The lowest BCUT2D eigenvalue weighted by Crippen LogP contribution is -1.96. The Morgan fingerprint density at radius 3 is 2.75 bits per heavy atom. The van der Waals surface area contributed by atoms with Gasteiger partial charge in [0.2, 0.25) is 0 Å². The van der Waals surface area contributed by atoms with Crippen LogP contribution in [0.25, 0.3) is 0 Å². The Kier molecular flexibility index (Phi) is 3.15. The highest BCUT2D eigenvalue weighted by Crippen LogP contribution is 2.30. The van der Waals surface area contributed by atoms with Crippen LogP contribution in [0.2, 0.25) is 0 Å². The second-order valence-corrected chi connectivity index (χ2v) is 4.04. The van der Waals surface area contributed by atoms with Crippen LogP contribution >= 0.6 is 11.6 Å². The minimum absolute atomic E-state index is 0.202. The first-order valence-corrected chi connectivity index (χ1v) is 5.44. The van der Waals surface area contributed by atoms with E-state index in [2.05, 4.69) is 10.2 Å². The fourth-order valence-corrected chi connectivity index (χ4v) is 1.90. The number of benzene rings is 1. The summed E-state index contributed by atoms with van der Waals surface area (Å²) in [5, 5.41) is 6.56. The number of rotatable bonds is 3. The van der Waals surface area contributed by atoms with Crippen LogP contribution in [0.5, 0.6) is 5.75 Å². The molecule has 1 unspecified atom stereocenters. The summed E-state index contributed by atoms with van der Waals surface area (Å²) in [6.45, 7) is 2.00. The fourth-order valence-electron chi connectivity index (χ4n) is 1.65. The highest BCUT2D eigenvalue weighted by molar-refractivity contribution is 6.22. The molecule has 1 N–H and O–H groups in total. The number of alkyl halides is 1. The molecule has 1 aromatic carbocycles. The number of hydrogen-bond donors (Lipinski definition) is 1. The molecule has 0 bridgehead atoms. The molecule has 1 atom stereocenters. The third kappa shape index (κ3) is 2.04. The standard InChI is InChI=1S/C12H13ClN2O/c1-8-7-9(3-4-11(8)16-2)12(13)10-5-6-14-15-10/h3-7,12H,1-2H3,(H,14,15). The van der Waals surface area contributed by atoms with Crippen molar-refractivity contribution in [1.29, 1.82) is 0 Å². The molecule has 2 aromatic rings. The zero-order valence-corrected chi connectivity index (χ0v) is 9.95. The van der Waals surface area contributed by atoms with E-state index in [0.717, 1.165) is 22.6 Å². The van der Waals surface area contributed by atoms with Gasteiger partial charge in [-0.05, 0) is 30.2 Å². The summed E-state index contributed by atoms with van der Waals surface area (Å²) in [5.41, 5.74) is 3.00. The highest BCUT2D eigenvalue weighted by Gasteiger charge is 2.13. The van der Waals surface area contributed by atoms with Gasteiger partial charge in [0, 0.05) is 6.20 Å². The van der Waals surface area contributed by atoms with E-state index in [4.69, 9.17) is 16.3 Å². The number of aromatic amines is 1. The van der Waals surface area contributed by atoms with E-state index in [1.54, 1.807) is 13.3 Å². The minimum Gasteiger partial charge on any atom is -0.496 e. The van der Waals surface area contributed by atoms with E-state index in [9.17, 15) is 0 Å². The van der Waals surface area contributed by atoms with E-state index >= 15 is 0 Å². The van der Waals surface area contributed by atoms with Gasteiger partial charge in [-0.1, -0.05) is 12.1 Å². The quantitative estimate of drug-likeness (QED) is 0.832. The number of aromatic nitrogens is 2. The van der Waals surface area contributed by atoms with Crippen molar-refractivity contribution in [3.8, 4) is 5.75 Å². The van der Waals surface area contributed by atoms with Gasteiger partial charge in [0.1, 0.15) is 11.1 Å². The third-order valence-corrected chi connectivity index (χ3v) is 2.99. The van der Waals surface area contributed by atoms with Gasteiger partial charge >= 0.3 is 0 Å². The van der Waals surface area contributed by atoms with Gasteiger partial charge in [-0.25, -0.2) is 0 Å². The van der Waals surface area contributed by atoms with E-state index in [0.29, 0.717) is 0 Å². The predicted octanol–water partition coefficient (Wildman–Crippen LogP) is 3.05. The molecule has 3 nitrogen and oxygen atoms in total. The molecule has 84 valence electrons. The number of hydrogen-bond acceptors (Lipinski definition) is 2. The molecule has 2 rings (SSSR count). The summed E-state index contributed by atoms with van der Waals surface area (Å²) in [6, 6.07) is 7.79. The zero-order valence-electron chi connectivity index (χ0n) is 9.20. The largest absolute Gasteiger partial charge is 0.496 e. The first-order valence-electron chi connectivity index (χ1n) is 5.00. The Labute approximate surface area is 99.4 Å². The summed E-state index contributed by atoms with van der Waals surface area (Å²) in [4.78, 5) is 0. The number of nitrogens with zero attached hydrogens (tertiary/aromatic N) is 1. The Morgan fingerprint density at radius 1 is 1.38 bits per heavy atom. The maximum atomic E-state index is 6.33. The minimum atomic E-state index is -0.202. The maximum absolute atomic E-state index is 6.33. The summed E-state index contributed by atoms with van der Waals surface area (Å²) in [6.07, 6.45) is 1.70. The Bertz CT molecular complexity index is 468. The van der Waals surface area contributed by atoms with Crippen LogP contribution in [-0.2, 0) is 0 Å². The zero-order chi connectivity index (χ0) is 11.5. The molecule has 0 fully saturated rings. The van der Waals surface area contributed by atoms with Crippen LogP contribution in [0.3, 0.4) is 0 Å². The van der Waals surface area contributed by atoms with Crippen molar-refractivity contribution in [3.05, 3.63) is 47.3 Å². The molecular formula is C12H13ClN2O. The molecule has 0 saturated carbocycles. The van der Waals surface area contributed by atoms with Gasteiger partial charge in [-0.15, -0.1) is 11.6 Å². The second-order valence-electron chi connectivity index (χ2n) is 3.60. The van der Waals surface area contributed by atoms with Crippen molar-refractivity contribution in [3.63, 3.8) is 0 Å². The molecule has 1 aromatic heterocycles. The van der Waals surface area contributed by atoms with Gasteiger partial charge in [0.05, 0.1) is 12.8 Å². The van der Waals surface area contributed by atoms with E-state index < -0.39 is 0 Å². The van der Waals surface area contributed by atoms with Crippen LogP contribution in [0.4, 0.5) is 0 Å². The van der Waals surface area contributed by atoms with Crippen molar-refractivity contribution in [2.75, 3.05) is 7.11 Å². The fraction of sp³-hybridized carbons (Fsp3) is 0.250. The SMILES string of the molecule is COc1ccc(C(Cl)c2ccn[nH]2)cc1C. The topological polar surface area (TPSA) is 37.9 Å². The summed E-state index contributed by atoms with van der Waals surface area (Å²) in [7, 11) is 1.66. The van der Waals surface area contributed by atoms with Crippen LogP contribution in [-0.4, -0.2) is 17.3 Å². The summed E-state index contributed by atoms with van der Waals surface area (Å²) in [5.74, 6) is 0.872. The van der Waals surface area contributed by atoms with Crippen LogP contribution in [0, 0.1) is 6.92 Å². The summed E-state index contributed by atoms with van der Waals surface area (Å²) < 4.78 is 5.21. The van der Waals surface area contributed by atoms with E-state index in [1.807, 2.05) is 31.2 Å². The third-order valence-electron chi connectivity index (χ3n) is 2.51. The smallest absolute Gasteiger partial charge is 0.121 e. The van der Waals surface area contributed by atoms with E-state index in [-0.39, 0.29) is 5.38 Å². The van der Waals surface area contributed by atoms with Gasteiger partial charge < -0.3 is 4.74 Å². The number of methoxy groups -OCH3 is 1. The molecule has 16 heavy (non-hydrogen) atoms. The molecular weight excluding hydrogens is 224 g/mol. The lowest BCUT2D eigenvalue weighted by atomic mass is 10.1. The van der Waals surface area contributed by atoms with Gasteiger partial charge in [-0.3, -0.25) is 5.10 Å². The highest BCUT2D eigenvalue weighted by atomic mass is 35.5. The lowest BCUT2D eigenvalue weighted by Gasteiger charge is -2.10. The molecule has 0 aliphatic rings. The summed E-state index contributed by atoms with van der Waals surface area (Å²) >= 11 is 6.33. The molecule has 0 aliphatic heterocycles. The molecule has 1 heterocycles. The first kappa shape index (κ1) is 11.0. The van der Waals surface area contributed by atoms with Gasteiger partial charge in [0.25, 0.3) is 0 Å². The number of H-pyrrole nitrogens is 1. The normalized spacial score (nSPS) is 12.4. The van der Waals surface area contributed by atoms with Crippen molar-refractivity contribution < 1.29 is 4.74 Å². The number of ether oxygens (including phenoxy) is 1. The van der Waals surface area contributed by atoms with Gasteiger partial charge in [-0.2, -0.15) is 5.10 Å². The maximum Gasteiger partial charge on any atom is 0.121 e. The second kappa shape index (κ2) is 4.58. The van der Waals surface area contributed by atoms with Gasteiger partial charge in [0.15, 0.2) is 0 Å². The average Bonchev–Trinajstić information content (AvgIpc) is 2.81. The molecule has 0 spiro atoms. The first-order chi connectivity index (χ1) is 7.72. The van der Waals surface area contributed by atoms with Crippen LogP contribution < -0.4 is 4.74 Å². The van der Waals surface area contributed by atoms with E-state index in [1.165, 1.54) is 0 Å². The van der Waals surface area contributed by atoms with Crippen molar-refractivity contribution in [1.82, 2.24) is 10.2 Å². The van der Waals surface area contributed by atoms with Crippen molar-refractivity contribution in [2.24, 2.45) is 0 Å². The Balaban J connectivity index is 2.31.